The summed E-state index contributed by atoms with van der Waals surface area (Å²) < 4.78 is 0.927. The summed E-state index contributed by atoms with van der Waals surface area (Å²) in [6, 6.07) is 7.37. The predicted octanol–water partition coefficient (Wildman–Crippen LogP) is 4.75. The van der Waals surface area contributed by atoms with Gasteiger partial charge < -0.3 is 5.32 Å². The van der Waals surface area contributed by atoms with Crippen molar-refractivity contribution in [3.8, 4) is 6.07 Å². The molecule has 0 atom stereocenters. The largest absolute Gasteiger partial charge is 0.312 e. The normalized spacial score (nSPS) is 10.2. The molecule has 0 saturated carbocycles. The number of benzene rings is 1. The number of hydrogen-bond donors (Lipinski definition) is 1. The minimum atomic E-state index is -0.300. The highest BCUT2D eigenvalue weighted by atomic mass is 127. The lowest BCUT2D eigenvalue weighted by molar-refractivity contribution is 0.102. The molecule has 0 fully saturated rings. The van der Waals surface area contributed by atoms with Gasteiger partial charge in [-0.2, -0.15) is 5.26 Å². The van der Waals surface area contributed by atoms with E-state index >= 15 is 0 Å². The summed E-state index contributed by atoms with van der Waals surface area (Å²) >= 11 is 9.56. The van der Waals surface area contributed by atoms with Gasteiger partial charge in [-0.1, -0.05) is 11.6 Å². The van der Waals surface area contributed by atoms with Gasteiger partial charge in [-0.05, 0) is 60.2 Å². The summed E-state index contributed by atoms with van der Waals surface area (Å²) in [5, 5.41) is 12.9. The fourth-order valence-electron chi connectivity index (χ4n) is 1.69. The molecular formula is C14H10ClIN2OS. The summed E-state index contributed by atoms with van der Waals surface area (Å²) in [7, 11) is 0. The van der Waals surface area contributed by atoms with Gasteiger partial charge in [0.15, 0.2) is 0 Å². The van der Waals surface area contributed by atoms with Crippen molar-refractivity contribution < 1.29 is 4.79 Å². The zero-order valence-electron chi connectivity index (χ0n) is 10.8. The summed E-state index contributed by atoms with van der Waals surface area (Å²) in [4.78, 5) is 13.3. The molecule has 1 aromatic carbocycles. The van der Waals surface area contributed by atoms with Crippen molar-refractivity contribution in [3.05, 3.63) is 48.4 Å². The van der Waals surface area contributed by atoms with E-state index in [0.717, 1.165) is 14.0 Å². The zero-order valence-corrected chi connectivity index (χ0v) is 14.5. The first-order chi connectivity index (χ1) is 9.43. The zero-order chi connectivity index (χ0) is 14.9. The Balaban J connectivity index is 2.36. The molecule has 2 rings (SSSR count). The molecule has 0 bridgehead atoms. The quantitative estimate of drug-likeness (QED) is 0.719. The second-order valence-electron chi connectivity index (χ2n) is 4.18. The number of amides is 1. The number of anilines is 1. The number of halogens is 2. The van der Waals surface area contributed by atoms with Gasteiger partial charge in [-0.15, -0.1) is 11.3 Å². The van der Waals surface area contributed by atoms with E-state index in [4.69, 9.17) is 11.6 Å². The van der Waals surface area contributed by atoms with Crippen LogP contribution in [0.1, 0.15) is 26.4 Å². The Morgan fingerprint density at radius 2 is 2.15 bits per heavy atom. The highest BCUT2D eigenvalue weighted by Crippen LogP contribution is 2.32. The highest BCUT2D eigenvalue weighted by Gasteiger charge is 2.17. The molecule has 0 spiro atoms. The molecule has 20 heavy (non-hydrogen) atoms. The Labute approximate surface area is 139 Å². The maximum atomic E-state index is 12.3. The number of carbonyl (C=O) groups is 1. The second kappa shape index (κ2) is 6.12. The van der Waals surface area contributed by atoms with Crippen LogP contribution < -0.4 is 5.32 Å². The van der Waals surface area contributed by atoms with Crippen molar-refractivity contribution in [3.63, 3.8) is 0 Å². The van der Waals surface area contributed by atoms with Crippen LogP contribution in [0.5, 0.6) is 0 Å². The van der Waals surface area contributed by atoms with Crippen LogP contribution in [0.2, 0.25) is 5.02 Å². The van der Waals surface area contributed by atoms with Crippen LogP contribution in [-0.2, 0) is 0 Å². The molecule has 1 N–H and O–H groups in total. The van der Waals surface area contributed by atoms with E-state index in [1.165, 1.54) is 11.3 Å². The Bertz CT molecular complexity index is 734. The Morgan fingerprint density at radius 3 is 2.80 bits per heavy atom. The number of nitriles is 1. The fraction of sp³-hybridized carbons (Fsp3) is 0.143. The van der Waals surface area contributed by atoms with E-state index < -0.39 is 0 Å². The van der Waals surface area contributed by atoms with Gasteiger partial charge >= 0.3 is 0 Å². The molecule has 1 aromatic heterocycles. The topological polar surface area (TPSA) is 52.9 Å². The number of rotatable bonds is 2. The van der Waals surface area contributed by atoms with Crippen LogP contribution in [0.3, 0.4) is 0 Å². The van der Waals surface area contributed by atoms with Crippen LogP contribution in [0.15, 0.2) is 18.2 Å². The Hall–Kier alpha value is -1.10. The summed E-state index contributed by atoms with van der Waals surface area (Å²) in [6.07, 6.45) is 0. The fourth-order valence-corrected chi connectivity index (χ4v) is 3.39. The van der Waals surface area contributed by atoms with Crippen LogP contribution in [0.4, 0.5) is 5.00 Å². The smallest absolute Gasteiger partial charge is 0.257 e. The van der Waals surface area contributed by atoms with Crippen LogP contribution in [0.25, 0.3) is 0 Å². The average Bonchev–Trinajstić information content (AvgIpc) is 2.67. The molecule has 1 amide bonds. The standard InChI is InChI=1S/C14H10ClIN2OS/c1-7-8(2)20-14(11(7)6-17)18-13(19)10-5-9(16)3-4-12(10)15/h3-5H,1-2H3,(H,18,19). The van der Waals surface area contributed by atoms with Gasteiger partial charge in [0.1, 0.15) is 11.1 Å². The van der Waals surface area contributed by atoms with Crippen LogP contribution >= 0.6 is 45.5 Å². The van der Waals surface area contributed by atoms with Gasteiger partial charge in [0.2, 0.25) is 0 Å². The molecule has 0 aliphatic rings. The number of hydrogen-bond acceptors (Lipinski definition) is 3. The second-order valence-corrected chi connectivity index (χ2v) is 7.06. The molecule has 0 unspecified atom stereocenters. The third-order valence-corrected chi connectivity index (χ3v) is 5.02. The van der Waals surface area contributed by atoms with E-state index in [1.807, 2.05) is 19.9 Å². The average molecular weight is 417 g/mol. The number of nitrogens with one attached hydrogen (secondary N) is 1. The molecule has 0 aliphatic carbocycles. The maximum Gasteiger partial charge on any atom is 0.257 e. The number of nitrogens with zero attached hydrogens (tertiary/aromatic N) is 1. The third kappa shape index (κ3) is 2.97. The van der Waals surface area contributed by atoms with Crippen molar-refractivity contribution in [2.24, 2.45) is 0 Å². The predicted molar refractivity (Wildman–Crippen MR) is 90.6 cm³/mol. The van der Waals surface area contributed by atoms with Crippen LogP contribution in [-0.4, -0.2) is 5.91 Å². The van der Waals surface area contributed by atoms with Crippen LogP contribution in [0, 0.1) is 28.7 Å². The minimum Gasteiger partial charge on any atom is -0.312 e. The molecule has 1 heterocycles. The van der Waals surface area contributed by atoms with E-state index in [-0.39, 0.29) is 5.91 Å². The van der Waals surface area contributed by atoms with Gasteiger partial charge in [0.25, 0.3) is 5.91 Å². The van der Waals surface area contributed by atoms with Gasteiger partial charge in [0.05, 0.1) is 16.1 Å². The maximum absolute atomic E-state index is 12.3. The molecule has 0 aliphatic heterocycles. The lowest BCUT2D eigenvalue weighted by Gasteiger charge is -2.06. The minimum absolute atomic E-state index is 0.300. The molecule has 6 heteroatoms. The van der Waals surface area contributed by atoms with E-state index in [1.54, 1.807) is 12.1 Å². The van der Waals surface area contributed by atoms with E-state index in [0.29, 0.717) is 21.2 Å². The first-order valence-corrected chi connectivity index (χ1v) is 7.98. The Morgan fingerprint density at radius 1 is 1.45 bits per heavy atom. The van der Waals surface area contributed by atoms with Gasteiger partial charge in [-0.3, -0.25) is 4.79 Å². The van der Waals surface area contributed by atoms with Crippen molar-refractivity contribution in [1.29, 1.82) is 5.26 Å². The van der Waals surface area contributed by atoms with Crippen molar-refractivity contribution in [2.75, 3.05) is 5.32 Å². The van der Waals surface area contributed by atoms with Gasteiger partial charge in [-0.25, -0.2) is 0 Å². The summed E-state index contributed by atoms with van der Waals surface area (Å²) in [5.41, 5.74) is 1.83. The summed E-state index contributed by atoms with van der Waals surface area (Å²) in [6.45, 7) is 3.80. The number of thiophene rings is 1. The molecular weight excluding hydrogens is 407 g/mol. The first kappa shape index (κ1) is 15.3. The molecule has 0 saturated heterocycles. The van der Waals surface area contributed by atoms with E-state index in [2.05, 4.69) is 34.0 Å². The third-order valence-electron chi connectivity index (χ3n) is 2.90. The van der Waals surface area contributed by atoms with Gasteiger partial charge in [0, 0.05) is 8.45 Å². The van der Waals surface area contributed by atoms with Crippen molar-refractivity contribution in [1.82, 2.24) is 0 Å². The highest BCUT2D eigenvalue weighted by molar-refractivity contribution is 14.1. The monoisotopic (exact) mass is 416 g/mol. The SMILES string of the molecule is Cc1sc(NC(=O)c2cc(I)ccc2Cl)c(C#N)c1C. The first-order valence-electron chi connectivity index (χ1n) is 5.70. The molecule has 3 nitrogen and oxygen atoms in total. The van der Waals surface area contributed by atoms with Crippen molar-refractivity contribution in [2.45, 2.75) is 13.8 Å². The lowest BCUT2D eigenvalue weighted by atomic mass is 10.1. The molecule has 2 aromatic rings. The lowest BCUT2D eigenvalue weighted by Crippen LogP contribution is -2.12. The summed E-state index contributed by atoms with van der Waals surface area (Å²) in [5.74, 6) is -0.300. The Kier molecular flexibility index (Phi) is 4.68. The van der Waals surface area contributed by atoms with Crippen molar-refractivity contribution >= 4 is 56.4 Å². The molecule has 102 valence electrons. The van der Waals surface area contributed by atoms with E-state index in [9.17, 15) is 10.1 Å². The molecule has 0 radical (unpaired) electrons. The number of carbonyl (C=O) groups excluding carboxylic acids is 1. The number of aryl methyl sites for hydroxylation is 1.